The summed E-state index contributed by atoms with van der Waals surface area (Å²) in [6.07, 6.45) is -1.54. The van der Waals surface area contributed by atoms with Crippen LogP contribution in [0, 0.1) is 0 Å². The number of carbonyl (C=O) groups is 2. The smallest absolute Gasteiger partial charge is 0.306 e. The molecule has 0 fully saturated rings. The molecule has 0 aromatic carbocycles. The summed E-state index contributed by atoms with van der Waals surface area (Å²) < 4.78 is 0. The number of nitrogens with one attached hydrogen (secondary N) is 1. The zero-order chi connectivity index (χ0) is 9.56. The van der Waals surface area contributed by atoms with E-state index in [1.165, 1.54) is 0 Å². The number of rotatable bonds is 5. The first-order valence-corrected chi connectivity index (χ1v) is 3.33. The van der Waals surface area contributed by atoms with Crippen LogP contribution in [0.5, 0.6) is 0 Å². The van der Waals surface area contributed by atoms with Crippen LogP contribution in [0.4, 0.5) is 0 Å². The fourth-order valence-electron chi connectivity index (χ4n) is 0.561. The first kappa shape index (κ1) is 10.9. The zero-order valence-electron chi connectivity index (χ0n) is 6.36. The Bertz CT molecular complexity index is 169. The van der Waals surface area contributed by atoms with E-state index in [0.717, 1.165) is 0 Å². The van der Waals surface area contributed by atoms with Gasteiger partial charge < -0.3 is 20.6 Å². The molecule has 0 aromatic heterocycles. The van der Waals surface area contributed by atoms with Crippen molar-refractivity contribution in [3.05, 3.63) is 0 Å². The van der Waals surface area contributed by atoms with E-state index in [1.807, 2.05) is 0 Å². The Hall–Kier alpha value is -1.14. The number of carbonyl (C=O) groups excluding carboxylic acids is 1. The second kappa shape index (κ2) is 5.50. The number of hydrogen-bond acceptors (Lipinski definition) is 4. The number of hydrogen-bond donors (Lipinski definition) is 4. The second-order valence-corrected chi connectivity index (χ2v) is 2.21. The Labute approximate surface area is 68.8 Å². The molecular weight excluding hydrogens is 166 g/mol. The number of aliphatic hydroxyl groups excluding tert-OH is 2. The van der Waals surface area contributed by atoms with E-state index in [2.05, 4.69) is 5.32 Å². The Balaban J connectivity index is 3.50. The van der Waals surface area contributed by atoms with Crippen molar-refractivity contribution in [2.75, 3.05) is 13.2 Å². The van der Waals surface area contributed by atoms with Crippen LogP contribution >= 0.6 is 0 Å². The number of aliphatic hydroxyl groups is 2. The molecule has 0 spiro atoms. The van der Waals surface area contributed by atoms with Gasteiger partial charge in [-0.3, -0.25) is 9.59 Å². The molecule has 0 radical (unpaired) electrons. The van der Waals surface area contributed by atoms with Gasteiger partial charge in [0.25, 0.3) is 0 Å². The van der Waals surface area contributed by atoms with Crippen LogP contribution in [0.15, 0.2) is 0 Å². The van der Waals surface area contributed by atoms with Gasteiger partial charge in [0.1, 0.15) is 6.61 Å². The topological polar surface area (TPSA) is 107 Å². The Morgan fingerprint density at radius 2 is 2.00 bits per heavy atom. The summed E-state index contributed by atoms with van der Waals surface area (Å²) in [6.45, 7) is -0.828. The molecule has 70 valence electrons. The average Bonchev–Trinajstić information content (AvgIpc) is 1.99. The largest absolute Gasteiger partial charge is 0.481 e. The summed E-state index contributed by atoms with van der Waals surface area (Å²) in [4.78, 5) is 20.4. The molecule has 0 aliphatic rings. The monoisotopic (exact) mass is 177 g/mol. The number of carboxylic acids is 1. The van der Waals surface area contributed by atoms with E-state index >= 15 is 0 Å². The van der Waals surface area contributed by atoms with E-state index in [-0.39, 0.29) is 6.54 Å². The van der Waals surface area contributed by atoms with Crippen molar-refractivity contribution in [2.24, 2.45) is 0 Å². The number of carboxylic acid groups (broad SMARTS) is 1. The molecule has 1 amide bonds. The summed E-state index contributed by atoms with van der Waals surface area (Å²) >= 11 is 0. The molecule has 0 aliphatic heterocycles. The van der Waals surface area contributed by atoms with Crippen LogP contribution in [-0.4, -0.2) is 46.5 Å². The van der Waals surface area contributed by atoms with Gasteiger partial charge in [-0.15, -0.1) is 0 Å². The normalized spacial score (nSPS) is 12.2. The Morgan fingerprint density at radius 1 is 1.42 bits per heavy atom. The van der Waals surface area contributed by atoms with Gasteiger partial charge in [-0.05, 0) is 0 Å². The van der Waals surface area contributed by atoms with Crippen molar-refractivity contribution in [1.82, 2.24) is 5.32 Å². The molecule has 1 atom stereocenters. The minimum atomic E-state index is -1.14. The summed E-state index contributed by atoms with van der Waals surface area (Å²) in [5.41, 5.74) is 0. The SMILES string of the molecule is O=C(O)CC(O)CNC(=O)CO. The molecule has 0 saturated heterocycles. The molecule has 0 aromatic rings. The third-order valence-electron chi connectivity index (χ3n) is 1.09. The van der Waals surface area contributed by atoms with Crippen LogP contribution in [0.3, 0.4) is 0 Å². The van der Waals surface area contributed by atoms with Crippen molar-refractivity contribution >= 4 is 11.9 Å². The van der Waals surface area contributed by atoms with Crippen molar-refractivity contribution in [1.29, 1.82) is 0 Å². The minimum absolute atomic E-state index is 0.161. The van der Waals surface area contributed by atoms with Gasteiger partial charge in [0.15, 0.2) is 0 Å². The maximum absolute atomic E-state index is 10.4. The Morgan fingerprint density at radius 3 is 2.42 bits per heavy atom. The van der Waals surface area contributed by atoms with Crippen molar-refractivity contribution < 1.29 is 24.9 Å². The first-order chi connectivity index (χ1) is 5.56. The van der Waals surface area contributed by atoms with Gasteiger partial charge >= 0.3 is 5.97 Å². The van der Waals surface area contributed by atoms with E-state index in [9.17, 15) is 9.59 Å². The van der Waals surface area contributed by atoms with E-state index < -0.39 is 31.0 Å². The highest BCUT2D eigenvalue weighted by Gasteiger charge is 2.09. The van der Waals surface area contributed by atoms with Crippen LogP contribution < -0.4 is 5.32 Å². The van der Waals surface area contributed by atoms with Gasteiger partial charge in [0.2, 0.25) is 5.91 Å². The van der Waals surface area contributed by atoms with Gasteiger partial charge in [-0.2, -0.15) is 0 Å². The maximum atomic E-state index is 10.4. The molecule has 0 bridgehead atoms. The third kappa shape index (κ3) is 5.63. The Kier molecular flexibility index (Phi) is 4.98. The van der Waals surface area contributed by atoms with E-state index in [1.54, 1.807) is 0 Å². The highest BCUT2D eigenvalue weighted by Crippen LogP contribution is 1.88. The molecule has 1 unspecified atom stereocenters. The lowest BCUT2D eigenvalue weighted by Crippen LogP contribution is -2.34. The molecule has 6 heteroatoms. The maximum Gasteiger partial charge on any atom is 0.306 e. The van der Waals surface area contributed by atoms with Crippen LogP contribution in [0.1, 0.15) is 6.42 Å². The van der Waals surface area contributed by atoms with Gasteiger partial charge in [-0.25, -0.2) is 0 Å². The minimum Gasteiger partial charge on any atom is -0.481 e. The zero-order valence-corrected chi connectivity index (χ0v) is 6.36. The van der Waals surface area contributed by atoms with Crippen molar-refractivity contribution in [3.63, 3.8) is 0 Å². The number of aliphatic carboxylic acids is 1. The van der Waals surface area contributed by atoms with Crippen molar-refractivity contribution in [2.45, 2.75) is 12.5 Å². The summed E-state index contributed by atoms with van der Waals surface area (Å²) in [7, 11) is 0. The number of amides is 1. The third-order valence-corrected chi connectivity index (χ3v) is 1.09. The molecule has 4 N–H and O–H groups in total. The highest BCUT2D eigenvalue weighted by atomic mass is 16.4. The lowest BCUT2D eigenvalue weighted by atomic mass is 10.2. The van der Waals surface area contributed by atoms with E-state index in [4.69, 9.17) is 15.3 Å². The predicted molar refractivity (Wildman–Crippen MR) is 38.4 cm³/mol. The molecule has 0 saturated carbocycles. The second-order valence-electron chi connectivity index (χ2n) is 2.21. The van der Waals surface area contributed by atoms with Crippen molar-refractivity contribution in [3.8, 4) is 0 Å². The first-order valence-electron chi connectivity index (χ1n) is 3.33. The predicted octanol–water partition coefficient (Wildman–Crippen LogP) is -2.07. The standard InChI is InChI=1S/C6H11NO5/c8-3-5(10)7-2-4(9)1-6(11)12/h4,8-9H,1-3H2,(H,7,10)(H,11,12). The lowest BCUT2D eigenvalue weighted by Gasteiger charge is -2.07. The van der Waals surface area contributed by atoms with Crippen LogP contribution in [0.2, 0.25) is 0 Å². The fourth-order valence-corrected chi connectivity index (χ4v) is 0.561. The van der Waals surface area contributed by atoms with Crippen LogP contribution in [0.25, 0.3) is 0 Å². The highest BCUT2D eigenvalue weighted by molar-refractivity contribution is 5.77. The molecule has 12 heavy (non-hydrogen) atoms. The van der Waals surface area contributed by atoms with Crippen LogP contribution in [-0.2, 0) is 9.59 Å². The fraction of sp³-hybridized carbons (Fsp3) is 0.667. The summed E-state index contributed by atoms with van der Waals surface area (Å²) in [6, 6.07) is 0. The molecule has 6 nitrogen and oxygen atoms in total. The van der Waals surface area contributed by atoms with Gasteiger partial charge in [0.05, 0.1) is 12.5 Å². The van der Waals surface area contributed by atoms with Gasteiger partial charge in [-0.1, -0.05) is 0 Å². The molecular formula is C6H11NO5. The molecule has 0 aliphatic carbocycles. The molecule has 0 heterocycles. The summed E-state index contributed by atoms with van der Waals surface area (Å²) in [5.74, 6) is -1.78. The van der Waals surface area contributed by atoms with Gasteiger partial charge in [0, 0.05) is 6.54 Å². The average molecular weight is 177 g/mol. The quantitative estimate of drug-likeness (QED) is 0.386. The molecule has 0 rings (SSSR count). The lowest BCUT2D eigenvalue weighted by molar-refractivity contribution is -0.139. The van der Waals surface area contributed by atoms with E-state index in [0.29, 0.717) is 0 Å². The summed E-state index contributed by atoms with van der Waals surface area (Å²) in [5, 5.41) is 27.4.